The van der Waals surface area contributed by atoms with Crippen molar-refractivity contribution in [3.8, 4) is 0 Å². The molecule has 5 heterocycles. The SMILES string of the molecule is Cc1nc2sc3c(c2c2nc(CNCc4cccnc4)nn12)CC(C)(C)OC3. The van der Waals surface area contributed by atoms with Gasteiger partial charge in [0.15, 0.2) is 11.5 Å². The van der Waals surface area contributed by atoms with Crippen molar-refractivity contribution in [2.75, 3.05) is 0 Å². The van der Waals surface area contributed by atoms with Crippen molar-refractivity contribution in [2.24, 2.45) is 0 Å². The quantitative estimate of drug-likeness (QED) is 0.573. The largest absolute Gasteiger partial charge is 0.370 e. The Kier molecular flexibility index (Phi) is 4.15. The monoisotopic (exact) mass is 394 g/mol. The van der Waals surface area contributed by atoms with E-state index in [0.717, 1.165) is 46.0 Å². The molecule has 1 N–H and O–H groups in total. The van der Waals surface area contributed by atoms with Gasteiger partial charge in [0.25, 0.3) is 0 Å². The molecule has 28 heavy (non-hydrogen) atoms. The third kappa shape index (κ3) is 3.07. The molecule has 0 fully saturated rings. The van der Waals surface area contributed by atoms with Crippen LogP contribution in [0.15, 0.2) is 24.5 Å². The van der Waals surface area contributed by atoms with E-state index in [1.54, 1.807) is 17.5 Å². The Balaban J connectivity index is 1.51. The number of nitrogens with one attached hydrogen (secondary N) is 1. The zero-order valence-corrected chi connectivity index (χ0v) is 17.0. The van der Waals surface area contributed by atoms with Crippen molar-refractivity contribution in [1.82, 2.24) is 29.9 Å². The average Bonchev–Trinajstić information content (AvgIpc) is 3.23. The Morgan fingerprint density at radius 2 is 2.18 bits per heavy atom. The fraction of sp³-hybridized carbons (Fsp3) is 0.400. The number of aryl methyl sites for hydroxylation is 1. The summed E-state index contributed by atoms with van der Waals surface area (Å²) in [5.41, 5.74) is 3.18. The van der Waals surface area contributed by atoms with Crippen LogP contribution in [0.3, 0.4) is 0 Å². The molecule has 144 valence electrons. The Labute approximate surface area is 166 Å². The average molecular weight is 395 g/mol. The molecule has 1 aliphatic heterocycles. The number of aromatic nitrogens is 5. The van der Waals surface area contributed by atoms with Gasteiger partial charge in [0.1, 0.15) is 10.7 Å². The standard InChI is InChI=1S/C20H22N6OS/c1-12-23-19-17(14-7-20(2,3)27-11-15(14)28-19)18-24-16(25-26(12)18)10-22-9-13-5-4-6-21-8-13/h4-6,8,22H,7,9-11H2,1-3H3. The molecular formula is C20H22N6OS. The molecule has 5 rings (SSSR count). The van der Waals surface area contributed by atoms with E-state index in [9.17, 15) is 0 Å². The van der Waals surface area contributed by atoms with E-state index in [1.807, 2.05) is 23.7 Å². The fourth-order valence-electron chi connectivity index (χ4n) is 3.68. The first kappa shape index (κ1) is 17.7. The number of pyridine rings is 1. The Hall–Kier alpha value is -2.42. The van der Waals surface area contributed by atoms with E-state index in [2.05, 4.69) is 30.2 Å². The van der Waals surface area contributed by atoms with Crippen LogP contribution >= 0.6 is 11.3 Å². The smallest absolute Gasteiger partial charge is 0.168 e. The summed E-state index contributed by atoms with van der Waals surface area (Å²) in [6.07, 6.45) is 4.51. The van der Waals surface area contributed by atoms with E-state index in [4.69, 9.17) is 19.8 Å². The van der Waals surface area contributed by atoms with Gasteiger partial charge in [-0.3, -0.25) is 4.98 Å². The Morgan fingerprint density at radius 3 is 3.00 bits per heavy atom. The summed E-state index contributed by atoms with van der Waals surface area (Å²) >= 11 is 1.71. The fourth-order valence-corrected chi connectivity index (χ4v) is 4.82. The molecule has 0 saturated carbocycles. The van der Waals surface area contributed by atoms with E-state index in [1.165, 1.54) is 10.4 Å². The van der Waals surface area contributed by atoms with Crippen molar-refractivity contribution >= 4 is 27.2 Å². The van der Waals surface area contributed by atoms with Crippen molar-refractivity contribution in [2.45, 2.75) is 52.5 Å². The van der Waals surface area contributed by atoms with E-state index < -0.39 is 0 Å². The van der Waals surface area contributed by atoms with E-state index in [0.29, 0.717) is 13.2 Å². The molecule has 0 aliphatic carbocycles. The summed E-state index contributed by atoms with van der Waals surface area (Å²) in [5, 5.41) is 9.23. The highest BCUT2D eigenvalue weighted by molar-refractivity contribution is 7.19. The molecule has 7 nitrogen and oxygen atoms in total. The minimum atomic E-state index is -0.170. The predicted octanol–water partition coefficient (Wildman–Crippen LogP) is 3.18. The first-order valence-corrected chi connectivity index (χ1v) is 10.2. The molecule has 0 atom stereocenters. The van der Waals surface area contributed by atoms with Crippen molar-refractivity contribution in [3.63, 3.8) is 0 Å². The normalized spacial score (nSPS) is 16.0. The zero-order chi connectivity index (χ0) is 19.3. The minimum Gasteiger partial charge on any atom is -0.370 e. The first-order chi connectivity index (χ1) is 13.5. The second-order valence-corrected chi connectivity index (χ2v) is 8.88. The molecule has 0 radical (unpaired) electrons. The third-order valence-corrected chi connectivity index (χ3v) is 6.15. The number of hydrogen-bond acceptors (Lipinski definition) is 7. The highest BCUT2D eigenvalue weighted by Crippen LogP contribution is 2.39. The van der Waals surface area contributed by atoms with Crippen LogP contribution in [0, 0.1) is 6.92 Å². The van der Waals surface area contributed by atoms with Crippen molar-refractivity contribution < 1.29 is 4.74 Å². The molecule has 0 unspecified atom stereocenters. The van der Waals surface area contributed by atoms with E-state index in [-0.39, 0.29) is 5.60 Å². The van der Waals surface area contributed by atoms with Gasteiger partial charge in [0.05, 0.1) is 24.1 Å². The van der Waals surface area contributed by atoms with E-state index >= 15 is 0 Å². The zero-order valence-electron chi connectivity index (χ0n) is 16.2. The van der Waals surface area contributed by atoms with Gasteiger partial charge in [-0.15, -0.1) is 16.4 Å². The Bertz CT molecular complexity index is 1160. The summed E-state index contributed by atoms with van der Waals surface area (Å²) in [6, 6.07) is 3.99. The molecule has 0 aromatic carbocycles. The van der Waals surface area contributed by atoms with Crippen LogP contribution in [0.5, 0.6) is 0 Å². The lowest BCUT2D eigenvalue weighted by atomic mass is 9.94. The third-order valence-electron chi connectivity index (χ3n) is 5.05. The summed E-state index contributed by atoms with van der Waals surface area (Å²) in [4.78, 5) is 16.1. The van der Waals surface area contributed by atoms with Gasteiger partial charge in [0.2, 0.25) is 0 Å². The van der Waals surface area contributed by atoms with Crippen LogP contribution in [-0.2, 0) is 30.9 Å². The van der Waals surface area contributed by atoms with Gasteiger partial charge in [-0.05, 0) is 38.0 Å². The number of hydrogen-bond donors (Lipinski definition) is 1. The first-order valence-electron chi connectivity index (χ1n) is 9.40. The van der Waals surface area contributed by atoms with Gasteiger partial charge in [-0.25, -0.2) is 9.97 Å². The molecule has 0 saturated heterocycles. The van der Waals surface area contributed by atoms with Gasteiger partial charge in [-0.1, -0.05) is 6.07 Å². The summed E-state index contributed by atoms with van der Waals surface area (Å²) in [7, 11) is 0. The molecular weight excluding hydrogens is 372 g/mol. The second-order valence-electron chi connectivity index (χ2n) is 7.80. The maximum absolute atomic E-state index is 5.99. The lowest BCUT2D eigenvalue weighted by Gasteiger charge is -2.30. The summed E-state index contributed by atoms with van der Waals surface area (Å²) < 4.78 is 7.86. The molecule has 0 amide bonds. The number of nitrogens with zero attached hydrogens (tertiary/aromatic N) is 5. The summed E-state index contributed by atoms with van der Waals surface area (Å²) in [5.74, 6) is 1.62. The molecule has 8 heteroatoms. The van der Waals surface area contributed by atoms with Crippen LogP contribution in [0.25, 0.3) is 15.9 Å². The molecule has 0 bridgehead atoms. The van der Waals surface area contributed by atoms with Gasteiger partial charge >= 0.3 is 0 Å². The second kappa shape index (κ2) is 6.58. The molecule has 4 aromatic heterocycles. The van der Waals surface area contributed by atoms with Gasteiger partial charge in [0, 0.05) is 30.2 Å². The van der Waals surface area contributed by atoms with Gasteiger partial charge < -0.3 is 10.1 Å². The maximum atomic E-state index is 5.99. The molecule has 0 spiro atoms. The molecule has 1 aliphatic rings. The van der Waals surface area contributed by atoms with Crippen LogP contribution in [-0.4, -0.2) is 30.2 Å². The van der Waals surface area contributed by atoms with Crippen molar-refractivity contribution in [3.05, 3.63) is 52.2 Å². The maximum Gasteiger partial charge on any atom is 0.168 e. The highest BCUT2D eigenvalue weighted by atomic mass is 32.1. The van der Waals surface area contributed by atoms with Crippen molar-refractivity contribution in [1.29, 1.82) is 0 Å². The van der Waals surface area contributed by atoms with Crippen LogP contribution in [0.4, 0.5) is 0 Å². The summed E-state index contributed by atoms with van der Waals surface area (Å²) in [6.45, 7) is 8.22. The van der Waals surface area contributed by atoms with Crippen LogP contribution in [0.2, 0.25) is 0 Å². The minimum absolute atomic E-state index is 0.170. The number of ether oxygens (including phenoxy) is 1. The lowest BCUT2D eigenvalue weighted by Crippen LogP contribution is -2.31. The lowest BCUT2D eigenvalue weighted by molar-refractivity contribution is -0.0379. The van der Waals surface area contributed by atoms with Crippen LogP contribution in [0.1, 0.15) is 41.5 Å². The predicted molar refractivity (Wildman–Crippen MR) is 108 cm³/mol. The topological polar surface area (TPSA) is 77.2 Å². The molecule has 4 aromatic rings. The highest BCUT2D eigenvalue weighted by Gasteiger charge is 2.31. The number of rotatable bonds is 4. The Morgan fingerprint density at radius 1 is 1.29 bits per heavy atom. The number of thiophene rings is 1. The number of fused-ring (bicyclic) bond motifs is 5. The van der Waals surface area contributed by atoms with Gasteiger partial charge in [-0.2, -0.15) is 4.52 Å². The van der Waals surface area contributed by atoms with Crippen LogP contribution < -0.4 is 5.32 Å².